The van der Waals surface area contributed by atoms with Crippen molar-refractivity contribution in [2.45, 2.75) is 64.2 Å². The van der Waals surface area contributed by atoms with Gasteiger partial charge in [-0.25, -0.2) is 0 Å². The molecule has 0 spiro atoms. The normalized spacial score (nSPS) is 23.6. The molecule has 0 saturated heterocycles. The number of fused-ring (bicyclic) bond motifs is 4. The third kappa shape index (κ3) is 9.57. The summed E-state index contributed by atoms with van der Waals surface area (Å²) >= 11 is 15.5. The zero-order chi connectivity index (χ0) is 22.4. The molecule has 10 heteroatoms. The fourth-order valence-electron chi connectivity index (χ4n) is 3.04. The summed E-state index contributed by atoms with van der Waals surface area (Å²) in [6, 6.07) is 4.57. The number of hydrogen-bond donors (Lipinski definition) is 0. The maximum atomic E-state index is 8.95. The van der Waals surface area contributed by atoms with E-state index in [0.29, 0.717) is 12.8 Å². The van der Waals surface area contributed by atoms with Gasteiger partial charge in [0.25, 0.3) is 0 Å². The number of nitriles is 2. The summed E-state index contributed by atoms with van der Waals surface area (Å²) in [6.07, 6.45) is 12.0. The molecule has 0 aromatic heterocycles. The van der Waals surface area contributed by atoms with E-state index in [1.54, 1.807) is 0 Å². The van der Waals surface area contributed by atoms with Gasteiger partial charge in [0, 0.05) is 24.3 Å². The van der Waals surface area contributed by atoms with Crippen LogP contribution in [0.2, 0.25) is 0 Å². The molecule has 32 heavy (non-hydrogen) atoms. The molecule has 0 aromatic carbocycles. The van der Waals surface area contributed by atoms with E-state index >= 15 is 0 Å². The van der Waals surface area contributed by atoms with Crippen molar-refractivity contribution in [2.75, 3.05) is 23.0 Å². The standard InChI is InChI=1S/C22H28N2S8/c23-11-9-15-27-19-17-25-13-7-5-3-1-2-4-6-8-14-26-18-20(28-16-10-12-24)32-22(30-18)21(29-17)31-19/h1-10,13-16H2/b22-21-. The van der Waals surface area contributed by atoms with Crippen molar-refractivity contribution in [1.82, 2.24) is 0 Å². The molecule has 3 heterocycles. The van der Waals surface area contributed by atoms with Crippen LogP contribution in [0.1, 0.15) is 64.2 Å². The molecular weight excluding hydrogens is 549 g/mol. The van der Waals surface area contributed by atoms with Gasteiger partial charge in [0.05, 0.1) is 37.6 Å². The molecule has 3 aliphatic rings. The van der Waals surface area contributed by atoms with Crippen LogP contribution in [-0.2, 0) is 0 Å². The second kappa shape index (κ2) is 16.6. The molecule has 0 unspecified atom stereocenters. The largest absolute Gasteiger partial charge is 0.198 e. The van der Waals surface area contributed by atoms with E-state index in [1.165, 1.54) is 88.3 Å². The van der Waals surface area contributed by atoms with Gasteiger partial charge in [-0.15, -0.1) is 47.0 Å². The Morgan fingerprint density at radius 3 is 1.38 bits per heavy atom. The molecule has 0 N–H and O–H groups in total. The first-order valence-corrected chi connectivity index (χ1v) is 18.2. The fraction of sp³-hybridized carbons (Fsp3) is 0.636. The van der Waals surface area contributed by atoms with Crippen molar-refractivity contribution in [2.24, 2.45) is 0 Å². The summed E-state index contributed by atoms with van der Waals surface area (Å²) in [5.41, 5.74) is 0. The van der Waals surface area contributed by atoms with Crippen LogP contribution in [0, 0.1) is 22.7 Å². The van der Waals surface area contributed by atoms with Gasteiger partial charge in [-0.05, 0) is 24.3 Å². The first-order chi connectivity index (χ1) is 15.8. The summed E-state index contributed by atoms with van der Waals surface area (Å²) in [5, 5.41) is 17.9. The van der Waals surface area contributed by atoms with E-state index in [-0.39, 0.29) is 0 Å². The third-order valence-corrected chi connectivity index (χ3v) is 16.4. The highest BCUT2D eigenvalue weighted by Crippen LogP contribution is 2.66. The number of rotatable bonds is 6. The smallest absolute Gasteiger partial charge is 0.0717 e. The molecule has 174 valence electrons. The van der Waals surface area contributed by atoms with E-state index in [0.717, 1.165) is 11.5 Å². The van der Waals surface area contributed by atoms with Crippen LogP contribution >= 0.6 is 94.1 Å². The quantitative estimate of drug-likeness (QED) is 0.285. The lowest BCUT2D eigenvalue weighted by Gasteiger charge is -2.06. The maximum absolute atomic E-state index is 8.95. The topological polar surface area (TPSA) is 47.6 Å². The van der Waals surface area contributed by atoms with E-state index in [1.807, 2.05) is 94.1 Å². The monoisotopic (exact) mass is 576 g/mol. The Hall–Kier alpha value is 1.000. The average Bonchev–Trinajstić information content (AvgIpc) is 3.38. The second-order valence-electron chi connectivity index (χ2n) is 7.17. The van der Waals surface area contributed by atoms with Crippen LogP contribution in [-0.4, -0.2) is 23.0 Å². The Morgan fingerprint density at radius 1 is 0.562 bits per heavy atom. The molecule has 0 amide bonds. The van der Waals surface area contributed by atoms with Crippen molar-refractivity contribution in [3.8, 4) is 12.1 Å². The lowest BCUT2D eigenvalue weighted by atomic mass is 10.1. The van der Waals surface area contributed by atoms with Gasteiger partial charge >= 0.3 is 0 Å². The molecule has 3 rings (SSSR count). The van der Waals surface area contributed by atoms with Gasteiger partial charge in [0.15, 0.2) is 0 Å². The lowest BCUT2D eigenvalue weighted by Crippen LogP contribution is -1.85. The number of thioether (sulfide) groups is 8. The summed E-state index contributed by atoms with van der Waals surface area (Å²) in [7, 11) is 0. The predicted molar refractivity (Wildman–Crippen MR) is 159 cm³/mol. The Labute approximate surface area is 227 Å². The summed E-state index contributed by atoms with van der Waals surface area (Å²) in [4.78, 5) is 0. The van der Waals surface area contributed by atoms with Crippen molar-refractivity contribution < 1.29 is 0 Å². The fourth-order valence-corrected chi connectivity index (χ4v) is 15.0. The van der Waals surface area contributed by atoms with Crippen LogP contribution in [0.4, 0.5) is 0 Å². The molecule has 0 fully saturated rings. The third-order valence-electron chi connectivity index (χ3n) is 4.64. The highest BCUT2D eigenvalue weighted by molar-refractivity contribution is 8.45. The van der Waals surface area contributed by atoms with Crippen molar-refractivity contribution in [3.63, 3.8) is 0 Å². The number of hydrogen-bond acceptors (Lipinski definition) is 10. The maximum Gasteiger partial charge on any atom is 0.0717 e. The first-order valence-electron chi connectivity index (χ1n) is 11.0. The Balaban J connectivity index is 1.72. The van der Waals surface area contributed by atoms with Crippen LogP contribution < -0.4 is 0 Å². The van der Waals surface area contributed by atoms with Crippen LogP contribution in [0.25, 0.3) is 0 Å². The average molecular weight is 577 g/mol. The van der Waals surface area contributed by atoms with Gasteiger partial charge < -0.3 is 0 Å². The second-order valence-corrected chi connectivity index (χ2v) is 17.2. The van der Waals surface area contributed by atoms with E-state index in [9.17, 15) is 0 Å². The minimum Gasteiger partial charge on any atom is -0.198 e. The minimum absolute atomic E-state index is 0.606. The summed E-state index contributed by atoms with van der Waals surface area (Å²) < 4.78 is 8.52. The zero-order valence-corrected chi connectivity index (χ0v) is 24.6. The molecular formula is C22H28N2S8. The minimum atomic E-state index is 0.606. The molecule has 4 bridgehead atoms. The van der Waals surface area contributed by atoms with Crippen molar-refractivity contribution in [1.29, 1.82) is 10.5 Å². The Kier molecular flexibility index (Phi) is 14.3. The van der Waals surface area contributed by atoms with Gasteiger partial charge in [0.2, 0.25) is 0 Å². The highest BCUT2D eigenvalue weighted by atomic mass is 32.3. The zero-order valence-electron chi connectivity index (χ0n) is 18.1. The number of nitrogens with zero attached hydrogens (tertiary/aromatic N) is 2. The van der Waals surface area contributed by atoms with Crippen molar-refractivity contribution in [3.05, 3.63) is 25.4 Å². The first kappa shape index (κ1) is 27.6. The molecule has 0 aromatic rings. The van der Waals surface area contributed by atoms with E-state index in [2.05, 4.69) is 12.1 Å². The highest BCUT2D eigenvalue weighted by Gasteiger charge is 2.30. The summed E-state index contributed by atoms with van der Waals surface area (Å²) in [6.45, 7) is 0. The molecule has 0 radical (unpaired) electrons. The predicted octanol–water partition coefficient (Wildman–Crippen LogP) is 10.2. The Bertz CT molecular complexity index is 740. The van der Waals surface area contributed by atoms with E-state index < -0.39 is 0 Å². The van der Waals surface area contributed by atoms with Gasteiger partial charge in [-0.2, -0.15) is 10.5 Å². The molecule has 2 nitrogen and oxygen atoms in total. The van der Waals surface area contributed by atoms with Crippen LogP contribution in [0.15, 0.2) is 25.4 Å². The Morgan fingerprint density at radius 2 is 0.969 bits per heavy atom. The molecule has 0 aliphatic carbocycles. The van der Waals surface area contributed by atoms with Crippen molar-refractivity contribution >= 4 is 94.1 Å². The SMILES string of the molecule is N#CCCSC1=C2SCCCCCCCCCCSC3=C(SCCC#N)S/C(=C(\S1)S2)S3. The lowest BCUT2D eigenvalue weighted by molar-refractivity contribution is 0.588. The van der Waals surface area contributed by atoms with Gasteiger partial charge in [-0.3, -0.25) is 0 Å². The molecule has 3 aliphatic heterocycles. The molecule has 0 atom stereocenters. The van der Waals surface area contributed by atoms with Gasteiger partial charge in [0.1, 0.15) is 0 Å². The van der Waals surface area contributed by atoms with Crippen LogP contribution in [0.5, 0.6) is 0 Å². The summed E-state index contributed by atoms with van der Waals surface area (Å²) in [5.74, 6) is 4.15. The molecule has 0 saturated carbocycles. The van der Waals surface area contributed by atoms with Crippen LogP contribution in [0.3, 0.4) is 0 Å². The van der Waals surface area contributed by atoms with E-state index in [4.69, 9.17) is 10.5 Å². The van der Waals surface area contributed by atoms with Gasteiger partial charge in [-0.1, -0.05) is 85.6 Å².